The molecule has 0 fully saturated rings. The van der Waals surface area contributed by atoms with Crippen molar-refractivity contribution in [2.45, 2.75) is 17.8 Å². The Labute approximate surface area is 146 Å². The second-order valence-corrected chi connectivity index (χ2v) is 8.08. The first kappa shape index (κ1) is 17.2. The first-order valence-corrected chi connectivity index (χ1v) is 9.57. The fourth-order valence-corrected chi connectivity index (χ4v) is 4.02. The Morgan fingerprint density at radius 2 is 1.88 bits per heavy atom. The van der Waals surface area contributed by atoms with Crippen molar-refractivity contribution in [1.82, 2.24) is 4.72 Å². The summed E-state index contributed by atoms with van der Waals surface area (Å²) in [5.74, 6) is 0.418. The van der Waals surface area contributed by atoms with Crippen molar-refractivity contribution < 1.29 is 18.3 Å². The Balaban J connectivity index is 1.72. The summed E-state index contributed by atoms with van der Waals surface area (Å²) in [4.78, 5) is 0. The number of rotatable bonds is 5. The molecule has 1 heterocycles. The largest absolute Gasteiger partial charge is 0.493 e. The zero-order chi connectivity index (χ0) is 17.2. The average Bonchev–Trinajstić information content (AvgIpc) is 2.56. The molecule has 0 aliphatic carbocycles. The van der Waals surface area contributed by atoms with E-state index in [9.17, 15) is 13.5 Å². The van der Waals surface area contributed by atoms with Gasteiger partial charge < -0.3 is 9.84 Å². The minimum Gasteiger partial charge on any atom is -0.493 e. The van der Waals surface area contributed by atoms with Gasteiger partial charge in [-0.1, -0.05) is 41.9 Å². The van der Waals surface area contributed by atoms with Crippen LogP contribution in [-0.2, 0) is 21.4 Å². The summed E-state index contributed by atoms with van der Waals surface area (Å²) in [5, 5.41) is 11.4. The molecule has 3 rings (SSSR count). The van der Waals surface area contributed by atoms with Gasteiger partial charge in [-0.15, -0.1) is 0 Å². The normalized spacial score (nSPS) is 20.2. The first-order valence-electron chi connectivity index (χ1n) is 7.54. The zero-order valence-corrected chi connectivity index (χ0v) is 14.5. The molecule has 1 atom stereocenters. The van der Waals surface area contributed by atoms with Gasteiger partial charge in [-0.05, 0) is 23.8 Å². The monoisotopic (exact) mass is 367 g/mol. The highest BCUT2D eigenvalue weighted by atomic mass is 35.5. The van der Waals surface area contributed by atoms with Crippen LogP contribution >= 0.6 is 11.6 Å². The van der Waals surface area contributed by atoms with Crippen molar-refractivity contribution in [1.29, 1.82) is 0 Å². The molecule has 0 amide bonds. The van der Waals surface area contributed by atoms with Crippen LogP contribution in [0.1, 0.15) is 17.5 Å². The van der Waals surface area contributed by atoms with Gasteiger partial charge in [0.1, 0.15) is 11.4 Å². The molecule has 128 valence electrons. The minimum absolute atomic E-state index is 0.0940. The highest BCUT2D eigenvalue weighted by molar-refractivity contribution is 7.88. The third-order valence-corrected chi connectivity index (χ3v) is 5.57. The molecule has 1 unspecified atom stereocenters. The molecule has 7 heteroatoms. The molecule has 0 radical (unpaired) electrons. The molecule has 1 aliphatic rings. The number of hydrogen-bond donors (Lipinski definition) is 2. The maximum atomic E-state index is 12.3. The lowest BCUT2D eigenvalue weighted by atomic mass is 9.88. The summed E-state index contributed by atoms with van der Waals surface area (Å²) < 4.78 is 32.6. The number of halogens is 1. The molecule has 0 aromatic heterocycles. The van der Waals surface area contributed by atoms with Crippen LogP contribution in [0.2, 0.25) is 5.02 Å². The van der Waals surface area contributed by atoms with E-state index in [1.54, 1.807) is 42.5 Å². The fourth-order valence-electron chi connectivity index (χ4n) is 2.71. The third-order valence-electron chi connectivity index (χ3n) is 4.02. The summed E-state index contributed by atoms with van der Waals surface area (Å²) in [6.45, 7) is 0.246. The molecule has 0 bridgehead atoms. The van der Waals surface area contributed by atoms with Gasteiger partial charge >= 0.3 is 0 Å². The predicted molar refractivity (Wildman–Crippen MR) is 92.5 cm³/mol. The molecule has 1 aliphatic heterocycles. The smallest absolute Gasteiger partial charge is 0.215 e. The number of fused-ring (bicyclic) bond motifs is 1. The number of hydrogen-bond acceptors (Lipinski definition) is 4. The molecule has 2 N–H and O–H groups in total. The molecule has 0 spiro atoms. The van der Waals surface area contributed by atoms with Crippen molar-refractivity contribution in [3.8, 4) is 5.75 Å². The van der Waals surface area contributed by atoms with Gasteiger partial charge in [0, 0.05) is 23.6 Å². The van der Waals surface area contributed by atoms with E-state index < -0.39 is 15.6 Å². The van der Waals surface area contributed by atoms with E-state index >= 15 is 0 Å². The summed E-state index contributed by atoms with van der Waals surface area (Å²) in [7, 11) is -3.58. The summed E-state index contributed by atoms with van der Waals surface area (Å²) in [5.41, 5.74) is -0.0428. The molecular formula is C17H18ClNO4S. The number of ether oxygens (including phenoxy) is 1. The Hall–Kier alpha value is -1.60. The van der Waals surface area contributed by atoms with Crippen molar-refractivity contribution in [2.75, 3.05) is 13.2 Å². The lowest BCUT2D eigenvalue weighted by molar-refractivity contribution is 0.00218. The van der Waals surface area contributed by atoms with Gasteiger partial charge in [0.15, 0.2) is 0 Å². The lowest BCUT2D eigenvalue weighted by Crippen LogP contribution is -2.44. The van der Waals surface area contributed by atoms with Gasteiger partial charge in [-0.25, -0.2) is 13.1 Å². The standard InChI is InChI=1S/C17H18ClNO4S/c18-14-7-5-13(6-8-14)11-24(21,22)19-12-17(20)9-10-23-16-4-2-1-3-15(16)17/h1-8,19-20H,9-12H2. The van der Waals surface area contributed by atoms with Crippen molar-refractivity contribution in [3.63, 3.8) is 0 Å². The highest BCUT2D eigenvalue weighted by Gasteiger charge is 2.36. The maximum absolute atomic E-state index is 12.3. The van der Waals surface area contributed by atoms with E-state index in [1.165, 1.54) is 0 Å². The van der Waals surface area contributed by atoms with Gasteiger partial charge in [-0.3, -0.25) is 0 Å². The number of benzene rings is 2. The van der Waals surface area contributed by atoms with Crippen LogP contribution in [0.15, 0.2) is 48.5 Å². The Morgan fingerprint density at radius 3 is 2.62 bits per heavy atom. The van der Waals surface area contributed by atoms with E-state index in [4.69, 9.17) is 16.3 Å². The average molecular weight is 368 g/mol. The lowest BCUT2D eigenvalue weighted by Gasteiger charge is -2.34. The SMILES string of the molecule is O=S(=O)(Cc1ccc(Cl)cc1)NCC1(O)CCOc2ccccc21. The van der Waals surface area contributed by atoms with Gasteiger partial charge in [0.2, 0.25) is 10.0 Å². The first-order chi connectivity index (χ1) is 11.4. The Kier molecular flexibility index (Phi) is 4.83. The van der Waals surface area contributed by atoms with Crippen LogP contribution in [0.25, 0.3) is 0 Å². The number of nitrogens with one attached hydrogen (secondary N) is 1. The highest BCUT2D eigenvalue weighted by Crippen LogP contribution is 2.36. The van der Waals surface area contributed by atoms with E-state index in [0.717, 1.165) is 0 Å². The van der Waals surface area contributed by atoms with Crippen LogP contribution in [0, 0.1) is 0 Å². The fraction of sp³-hybridized carbons (Fsp3) is 0.294. The summed E-state index contributed by atoms with van der Waals surface area (Å²) in [6, 6.07) is 13.8. The van der Waals surface area contributed by atoms with Crippen LogP contribution in [0.3, 0.4) is 0 Å². The van der Waals surface area contributed by atoms with Gasteiger partial charge in [0.05, 0.1) is 12.4 Å². The van der Waals surface area contributed by atoms with Gasteiger partial charge in [0.25, 0.3) is 0 Å². The summed E-state index contributed by atoms with van der Waals surface area (Å²) in [6.07, 6.45) is 0.327. The van der Waals surface area contributed by atoms with Crippen LogP contribution in [0.5, 0.6) is 5.75 Å². The quantitative estimate of drug-likeness (QED) is 0.851. The molecule has 5 nitrogen and oxygen atoms in total. The molecule has 2 aromatic rings. The maximum Gasteiger partial charge on any atom is 0.215 e. The van der Waals surface area contributed by atoms with Gasteiger partial charge in [-0.2, -0.15) is 0 Å². The van der Waals surface area contributed by atoms with Crippen molar-refractivity contribution >= 4 is 21.6 Å². The van der Waals surface area contributed by atoms with Crippen LogP contribution in [-0.4, -0.2) is 26.7 Å². The molecule has 24 heavy (non-hydrogen) atoms. The Morgan fingerprint density at radius 1 is 1.17 bits per heavy atom. The topological polar surface area (TPSA) is 75.6 Å². The van der Waals surface area contributed by atoms with Crippen LogP contribution < -0.4 is 9.46 Å². The second-order valence-electron chi connectivity index (χ2n) is 5.83. The van der Waals surface area contributed by atoms with E-state index in [2.05, 4.69) is 4.72 Å². The second kappa shape index (κ2) is 6.72. The number of sulfonamides is 1. The number of aliphatic hydroxyl groups is 1. The van der Waals surface area contributed by atoms with E-state index in [0.29, 0.717) is 34.9 Å². The zero-order valence-electron chi connectivity index (χ0n) is 12.9. The number of para-hydroxylation sites is 1. The molecule has 0 saturated carbocycles. The van der Waals surface area contributed by atoms with E-state index in [-0.39, 0.29) is 12.3 Å². The van der Waals surface area contributed by atoms with Crippen molar-refractivity contribution in [2.24, 2.45) is 0 Å². The van der Waals surface area contributed by atoms with Crippen molar-refractivity contribution in [3.05, 3.63) is 64.7 Å². The summed E-state index contributed by atoms with van der Waals surface area (Å²) >= 11 is 5.80. The Bertz CT molecular complexity index is 823. The van der Waals surface area contributed by atoms with E-state index in [1.807, 2.05) is 6.07 Å². The molecule has 0 saturated heterocycles. The molecular weight excluding hydrogens is 350 g/mol. The third kappa shape index (κ3) is 3.89. The van der Waals surface area contributed by atoms with Crippen LogP contribution in [0.4, 0.5) is 0 Å². The minimum atomic E-state index is -3.58. The molecule has 2 aromatic carbocycles. The predicted octanol–water partition coefficient (Wildman–Crippen LogP) is 2.43.